The fourth-order valence-corrected chi connectivity index (χ4v) is 2.00. The minimum atomic E-state index is -1.10. The van der Waals surface area contributed by atoms with Gasteiger partial charge in [0.05, 0.1) is 0 Å². The van der Waals surface area contributed by atoms with Crippen molar-refractivity contribution in [2.45, 2.75) is 6.92 Å². The second kappa shape index (κ2) is 4.66. The number of benzene rings is 1. The molecule has 0 radical (unpaired) electrons. The van der Waals surface area contributed by atoms with Gasteiger partial charge in [0.1, 0.15) is 11.4 Å². The second-order valence-corrected chi connectivity index (χ2v) is 4.42. The fraction of sp³-hybridized carbons (Fsp3) is 0.0769. The van der Waals surface area contributed by atoms with Gasteiger partial charge < -0.3 is 10.8 Å². The number of anilines is 1. The Hall–Kier alpha value is -2.07. The van der Waals surface area contributed by atoms with Gasteiger partial charge in [-0.15, -0.1) is 0 Å². The molecule has 5 heteroatoms. The highest BCUT2D eigenvalue weighted by molar-refractivity contribution is 6.31. The molecule has 0 saturated carbocycles. The molecule has 0 aliphatic heterocycles. The Balaban J connectivity index is 2.57. The third-order valence-electron chi connectivity index (χ3n) is 2.52. The average molecular weight is 263 g/mol. The van der Waals surface area contributed by atoms with Crippen LogP contribution in [0.1, 0.15) is 15.9 Å². The van der Waals surface area contributed by atoms with Crippen LogP contribution in [0.2, 0.25) is 5.02 Å². The molecule has 0 aliphatic carbocycles. The lowest BCUT2D eigenvalue weighted by molar-refractivity contribution is 0.0698. The number of carboxylic acids is 1. The highest BCUT2D eigenvalue weighted by atomic mass is 35.5. The van der Waals surface area contributed by atoms with Crippen LogP contribution in [0.15, 0.2) is 30.5 Å². The van der Waals surface area contributed by atoms with Crippen LogP contribution in [-0.2, 0) is 0 Å². The van der Waals surface area contributed by atoms with E-state index in [-0.39, 0.29) is 11.4 Å². The van der Waals surface area contributed by atoms with Crippen LogP contribution in [0.4, 0.5) is 5.82 Å². The smallest absolute Gasteiger partial charge is 0.339 e. The normalized spacial score (nSPS) is 10.3. The zero-order chi connectivity index (χ0) is 13.3. The van der Waals surface area contributed by atoms with Gasteiger partial charge in [-0.1, -0.05) is 17.7 Å². The van der Waals surface area contributed by atoms with Gasteiger partial charge in [-0.3, -0.25) is 0 Å². The van der Waals surface area contributed by atoms with Gasteiger partial charge in [-0.25, -0.2) is 9.78 Å². The van der Waals surface area contributed by atoms with Crippen molar-refractivity contribution in [2.24, 2.45) is 0 Å². The van der Waals surface area contributed by atoms with Crippen LogP contribution in [0.5, 0.6) is 0 Å². The lowest BCUT2D eigenvalue weighted by Gasteiger charge is -2.06. The Morgan fingerprint density at radius 3 is 2.61 bits per heavy atom. The molecule has 0 spiro atoms. The van der Waals surface area contributed by atoms with Crippen molar-refractivity contribution in [2.75, 3.05) is 5.73 Å². The van der Waals surface area contributed by atoms with E-state index in [1.165, 1.54) is 12.3 Å². The molecule has 1 aromatic heterocycles. The van der Waals surface area contributed by atoms with Crippen molar-refractivity contribution in [3.05, 3.63) is 46.6 Å². The van der Waals surface area contributed by atoms with Gasteiger partial charge in [-0.2, -0.15) is 0 Å². The standard InChI is InChI=1S/C13H11ClN2O2/c1-7-2-8(4-10(14)3-7)9-5-11(13(17)18)12(15)16-6-9/h2-6H,1H3,(H2,15,16)(H,17,18). The summed E-state index contributed by atoms with van der Waals surface area (Å²) in [4.78, 5) is 14.9. The highest BCUT2D eigenvalue weighted by Crippen LogP contribution is 2.26. The predicted octanol–water partition coefficient (Wildman–Crippen LogP) is 2.99. The molecule has 0 bridgehead atoms. The fourth-order valence-electron chi connectivity index (χ4n) is 1.71. The number of aryl methyl sites for hydroxylation is 1. The van der Waals surface area contributed by atoms with Crippen LogP contribution in [0, 0.1) is 6.92 Å². The maximum atomic E-state index is 11.0. The summed E-state index contributed by atoms with van der Waals surface area (Å²) in [6, 6.07) is 6.99. The number of pyridine rings is 1. The van der Waals surface area contributed by atoms with Gasteiger partial charge in [0, 0.05) is 16.8 Å². The number of aromatic nitrogens is 1. The minimum Gasteiger partial charge on any atom is -0.478 e. The molecule has 92 valence electrons. The van der Waals surface area contributed by atoms with E-state index in [0.717, 1.165) is 11.1 Å². The highest BCUT2D eigenvalue weighted by Gasteiger charge is 2.11. The summed E-state index contributed by atoms with van der Waals surface area (Å²) in [5.41, 5.74) is 7.98. The van der Waals surface area contributed by atoms with Crippen molar-refractivity contribution in [1.29, 1.82) is 0 Å². The number of nitrogens with two attached hydrogens (primary N) is 1. The summed E-state index contributed by atoms with van der Waals surface area (Å²) < 4.78 is 0. The number of carbonyl (C=O) groups is 1. The third kappa shape index (κ3) is 2.43. The van der Waals surface area contributed by atoms with E-state index in [2.05, 4.69) is 4.98 Å². The van der Waals surface area contributed by atoms with Gasteiger partial charge in [-0.05, 0) is 36.2 Å². The number of rotatable bonds is 2. The van der Waals surface area contributed by atoms with Crippen LogP contribution < -0.4 is 5.73 Å². The largest absolute Gasteiger partial charge is 0.478 e. The van der Waals surface area contributed by atoms with Crippen molar-refractivity contribution in [1.82, 2.24) is 4.98 Å². The molecule has 1 heterocycles. The van der Waals surface area contributed by atoms with Gasteiger partial charge in [0.25, 0.3) is 0 Å². The van der Waals surface area contributed by atoms with E-state index >= 15 is 0 Å². The SMILES string of the molecule is Cc1cc(Cl)cc(-c2cnc(N)c(C(=O)O)c2)c1. The zero-order valence-corrected chi connectivity index (χ0v) is 10.4. The Kier molecular flexibility index (Phi) is 3.21. The molecule has 0 saturated heterocycles. The van der Waals surface area contributed by atoms with Crippen molar-refractivity contribution in [3.63, 3.8) is 0 Å². The summed E-state index contributed by atoms with van der Waals surface area (Å²) in [7, 11) is 0. The molecule has 2 rings (SSSR count). The molecule has 0 amide bonds. The molecule has 18 heavy (non-hydrogen) atoms. The number of nitrogens with zero attached hydrogens (tertiary/aromatic N) is 1. The number of nitrogen functional groups attached to an aromatic ring is 1. The first-order chi connectivity index (χ1) is 8.47. The molecule has 0 aliphatic rings. The molecule has 2 aromatic rings. The van der Waals surface area contributed by atoms with Crippen molar-refractivity contribution in [3.8, 4) is 11.1 Å². The average Bonchev–Trinajstić information content (AvgIpc) is 2.27. The van der Waals surface area contributed by atoms with Crippen LogP contribution in [-0.4, -0.2) is 16.1 Å². The van der Waals surface area contributed by atoms with Gasteiger partial charge >= 0.3 is 5.97 Å². The van der Waals surface area contributed by atoms with E-state index in [9.17, 15) is 4.79 Å². The second-order valence-electron chi connectivity index (χ2n) is 3.98. The topological polar surface area (TPSA) is 76.2 Å². The van der Waals surface area contributed by atoms with E-state index in [1.807, 2.05) is 19.1 Å². The van der Waals surface area contributed by atoms with Gasteiger partial charge in [0.15, 0.2) is 0 Å². The quantitative estimate of drug-likeness (QED) is 0.872. The molecule has 0 atom stereocenters. The van der Waals surface area contributed by atoms with Crippen LogP contribution in [0.25, 0.3) is 11.1 Å². The van der Waals surface area contributed by atoms with Gasteiger partial charge in [0.2, 0.25) is 0 Å². The van der Waals surface area contributed by atoms with Crippen molar-refractivity contribution < 1.29 is 9.90 Å². The van der Waals surface area contributed by atoms with E-state index < -0.39 is 5.97 Å². The van der Waals surface area contributed by atoms with E-state index in [4.69, 9.17) is 22.4 Å². The Bertz CT molecular complexity index is 606. The molecule has 1 aromatic carbocycles. The summed E-state index contributed by atoms with van der Waals surface area (Å²) in [6.45, 7) is 1.91. The molecular formula is C13H11ClN2O2. The predicted molar refractivity (Wildman–Crippen MR) is 70.8 cm³/mol. The van der Waals surface area contributed by atoms with Crippen LogP contribution >= 0.6 is 11.6 Å². The monoisotopic (exact) mass is 262 g/mol. The Morgan fingerprint density at radius 2 is 2.00 bits per heavy atom. The third-order valence-corrected chi connectivity index (χ3v) is 2.74. The molecule has 0 unspecified atom stereocenters. The maximum absolute atomic E-state index is 11.0. The lowest BCUT2D eigenvalue weighted by atomic mass is 10.0. The number of halogens is 1. The molecule has 4 nitrogen and oxygen atoms in total. The molecule has 3 N–H and O–H groups in total. The Labute approximate surface area is 109 Å². The lowest BCUT2D eigenvalue weighted by Crippen LogP contribution is -2.04. The summed E-state index contributed by atoms with van der Waals surface area (Å²) in [6.07, 6.45) is 1.53. The first kappa shape index (κ1) is 12.4. The first-order valence-corrected chi connectivity index (χ1v) is 5.61. The maximum Gasteiger partial charge on any atom is 0.339 e. The van der Waals surface area contributed by atoms with Crippen LogP contribution in [0.3, 0.4) is 0 Å². The number of hydrogen-bond acceptors (Lipinski definition) is 3. The Morgan fingerprint density at radius 1 is 1.28 bits per heavy atom. The number of hydrogen-bond donors (Lipinski definition) is 2. The summed E-state index contributed by atoms with van der Waals surface area (Å²) in [5.74, 6) is -1.09. The number of carboxylic acid groups (broad SMARTS) is 1. The molecular weight excluding hydrogens is 252 g/mol. The first-order valence-electron chi connectivity index (χ1n) is 5.24. The summed E-state index contributed by atoms with van der Waals surface area (Å²) >= 11 is 5.97. The van der Waals surface area contributed by atoms with E-state index in [0.29, 0.717) is 10.6 Å². The molecule has 0 fully saturated rings. The number of aromatic carboxylic acids is 1. The zero-order valence-electron chi connectivity index (χ0n) is 9.64. The van der Waals surface area contributed by atoms with E-state index in [1.54, 1.807) is 6.07 Å². The summed E-state index contributed by atoms with van der Waals surface area (Å²) in [5, 5.41) is 9.60. The van der Waals surface area contributed by atoms with Crippen molar-refractivity contribution >= 4 is 23.4 Å². The minimum absolute atomic E-state index is 0.00463.